The first kappa shape index (κ1) is 18.6. The number of benzene rings is 1. The molecule has 2 heterocycles. The van der Waals surface area contributed by atoms with Crippen molar-refractivity contribution in [2.45, 2.75) is 38.0 Å². The molecule has 1 aliphatic heterocycles. The average molecular weight is 351 g/mol. The normalized spacial score (nSPS) is 17.0. The monoisotopic (exact) mass is 351 g/mol. The van der Waals surface area contributed by atoms with Gasteiger partial charge < -0.3 is 10.2 Å². The summed E-state index contributed by atoms with van der Waals surface area (Å²) < 4.78 is 0. The van der Waals surface area contributed by atoms with E-state index in [4.69, 9.17) is 0 Å². The molecule has 1 amide bonds. The highest BCUT2D eigenvalue weighted by Crippen LogP contribution is 2.35. The molecule has 1 N–H and O–H groups in total. The van der Waals surface area contributed by atoms with Crippen LogP contribution in [0.1, 0.15) is 48.5 Å². The number of piperidine rings is 1. The molecule has 0 bridgehead atoms. The average Bonchev–Trinajstić information content (AvgIpc) is 2.72. The SMILES string of the molecule is CCCCN1CCC(CNC(=O)c2ccncc2)(c2ccccc2)CC1. The quantitative estimate of drug-likeness (QED) is 0.828. The maximum atomic E-state index is 12.5. The Morgan fingerprint density at radius 1 is 1.12 bits per heavy atom. The fourth-order valence-electron chi connectivity index (χ4n) is 3.80. The molecule has 1 aromatic carbocycles. The first-order chi connectivity index (χ1) is 12.7. The van der Waals surface area contributed by atoms with E-state index >= 15 is 0 Å². The van der Waals surface area contributed by atoms with Crippen LogP contribution in [0, 0.1) is 0 Å². The van der Waals surface area contributed by atoms with Gasteiger partial charge in [0.1, 0.15) is 0 Å². The van der Waals surface area contributed by atoms with Crippen LogP contribution in [0.25, 0.3) is 0 Å². The highest BCUT2D eigenvalue weighted by molar-refractivity contribution is 5.94. The Labute approximate surface area is 156 Å². The van der Waals surface area contributed by atoms with E-state index in [2.05, 4.69) is 52.5 Å². The maximum Gasteiger partial charge on any atom is 0.251 e. The Morgan fingerprint density at radius 2 is 1.81 bits per heavy atom. The highest BCUT2D eigenvalue weighted by Gasteiger charge is 2.36. The Balaban J connectivity index is 1.70. The summed E-state index contributed by atoms with van der Waals surface area (Å²) in [6.45, 7) is 6.30. The van der Waals surface area contributed by atoms with Crippen LogP contribution in [0.3, 0.4) is 0 Å². The molecule has 4 nitrogen and oxygen atoms in total. The van der Waals surface area contributed by atoms with E-state index < -0.39 is 0 Å². The van der Waals surface area contributed by atoms with Gasteiger partial charge in [0.15, 0.2) is 0 Å². The van der Waals surface area contributed by atoms with E-state index in [-0.39, 0.29) is 11.3 Å². The summed E-state index contributed by atoms with van der Waals surface area (Å²) in [6.07, 6.45) is 7.98. The van der Waals surface area contributed by atoms with E-state index in [1.807, 2.05) is 0 Å². The summed E-state index contributed by atoms with van der Waals surface area (Å²) in [4.78, 5) is 19.1. The first-order valence-corrected chi connectivity index (χ1v) is 9.70. The number of amides is 1. The molecule has 1 aromatic heterocycles. The van der Waals surface area contributed by atoms with Crippen molar-refractivity contribution in [1.82, 2.24) is 15.2 Å². The topological polar surface area (TPSA) is 45.2 Å². The highest BCUT2D eigenvalue weighted by atomic mass is 16.1. The molecule has 3 rings (SSSR count). The molecule has 0 aliphatic carbocycles. The molecule has 0 saturated carbocycles. The number of hydrogen-bond acceptors (Lipinski definition) is 3. The zero-order valence-corrected chi connectivity index (χ0v) is 15.7. The number of nitrogens with one attached hydrogen (secondary N) is 1. The minimum atomic E-state index is -0.0175. The number of pyridine rings is 1. The van der Waals surface area contributed by atoms with Crippen LogP contribution in [0.2, 0.25) is 0 Å². The van der Waals surface area contributed by atoms with Crippen LogP contribution < -0.4 is 5.32 Å². The van der Waals surface area contributed by atoms with Crippen LogP contribution in [0.15, 0.2) is 54.9 Å². The second-order valence-corrected chi connectivity index (χ2v) is 7.26. The lowest BCUT2D eigenvalue weighted by Gasteiger charge is -2.42. The molecule has 1 aliphatic rings. The third kappa shape index (κ3) is 4.50. The van der Waals surface area contributed by atoms with Crippen LogP contribution in [-0.4, -0.2) is 42.0 Å². The smallest absolute Gasteiger partial charge is 0.251 e. The number of likely N-dealkylation sites (tertiary alicyclic amines) is 1. The second kappa shape index (κ2) is 8.95. The maximum absolute atomic E-state index is 12.5. The third-order valence-electron chi connectivity index (χ3n) is 5.56. The van der Waals surface area contributed by atoms with E-state index in [0.29, 0.717) is 12.1 Å². The fourth-order valence-corrected chi connectivity index (χ4v) is 3.80. The summed E-state index contributed by atoms with van der Waals surface area (Å²) in [6, 6.07) is 14.2. The van der Waals surface area contributed by atoms with Crippen LogP contribution in [-0.2, 0) is 5.41 Å². The largest absolute Gasteiger partial charge is 0.351 e. The Bertz CT molecular complexity index is 679. The lowest BCUT2D eigenvalue weighted by molar-refractivity contribution is 0.0921. The van der Waals surface area contributed by atoms with E-state index in [9.17, 15) is 4.79 Å². The van der Waals surface area contributed by atoms with Gasteiger partial charge in [0, 0.05) is 29.9 Å². The second-order valence-electron chi connectivity index (χ2n) is 7.26. The number of rotatable bonds is 7. The van der Waals surface area contributed by atoms with Gasteiger partial charge in [-0.3, -0.25) is 9.78 Å². The van der Waals surface area contributed by atoms with Gasteiger partial charge in [-0.15, -0.1) is 0 Å². The molecule has 2 aromatic rings. The molecule has 1 fully saturated rings. The summed E-state index contributed by atoms with van der Waals surface area (Å²) in [5, 5.41) is 3.18. The molecule has 0 unspecified atom stereocenters. The third-order valence-corrected chi connectivity index (χ3v) is 5.56. The Hall–Kier alpha value is -2.20. The summed E-state index contributed by atoms with van der Waals surface area (Å²) in [5.74, 6) is -0.0175. The van der Waals surface area contributed by atoms with Gasteiger partial charge in [0.25, 0.3) is 5.91 Å². The first-order valence-electron chi connectivity index (χ1n) is 9.70. The zero-order valence-electron chi connectivity index (χ0n) is 15.7. The summed E-state index contributed by atoms with van der Waals surface area (Å²) in [5.41, 5.74) is 2.03. The standard InChI is InChI=1S/C22H29N3O/c1-2-3-15-25-16-11-22(12-17-25,20-7-5-4-6-8-20)18-24-21(26)19-9-13-23-14-10-19/h4-10,13-14H,2-3,11-12,15-18H2,1H3,(H,24,26). The van der Waals surface area contributed by atoms with Crippen LogP contribution in [0.4, 0.5) is 0 Å². The molecule has 1 saturated heterocycles. The van der Waals surface area contributed by atoms with Gasteiger partial charge in [-0.2, -0.15) is 0 Å². The van der Waals surface area contributed by atoms with Crippen molar-refractivity contribution < 1.29 is 4.79 Å². The van der Waals surface area contributed by atoms with Gasteiger partial charge in [-0.1, -0.05) is 43.7 Å². The fraction of sp³-hybridized carbons (Fsp3) is 0.455. The molecule has 26 heavy (non-hydrogen) atoms. The van der Waals surface area contributed by atoms with Gasteiger partial charge in [-0.05, 0) is 56.6 Å². The summed E-state index contributed by atoms with van der Waals surface area (Å²) >= 11 is 0. The number of hydrogen-bond donors (Lipinski definition) is 1. The Morgan fingerprint density at radius 3 is 2.46 bits per heavy atom. The summed E-state index contributed by atoms with van der Waals surface area (Å²) in [7, 11) is 0. The molecule has 0 spiro atoms. The van der Waals surface area contributed by atoms with Gasteiger partial charge >= 0.3 is 0 Å². The van der Waals surface area contributed by atoms with Crippen molar-refractivity contribution in [3.63, 3.8) is 0 Å². The van der Waals surface area contributed by atoms with Gasteiger partial charge in [0.05, 0.1) is 0 Å². The minimum Gasteiger partial charge on any atom is -0.351 e. The van der Waals surface area contributed by atoms with Crippen molar-refractivity contribution in [3.05, 3.63) is 66.0 Å². The van der Waals surface area contributed by atoms with Crippen LogP contribution in [0.5, 0.6) is 0 Å². The number of carbonyl (C=O) groups is 1. The number of aromatic nitrogens is 1. The van der Waals surface area contributed by atoms with E-state index in [1.54, 1.807) is 24.5 Å². The number of unbranched alkanes of at least 4 members (excludes halogenated alkanes) is 1. The molecule has 0 atom stereocenters. The van der Waals surface area contributed by atoms with Crippen molar-refractivity contribution in [1.29, 1.82) is 0 Å². The van der Waals surface area contributed by atoms with Crippen molar-refractivity contribution >= 4 is 5.91 Å². The van der Waals surface area contributed by atoms with Gasteiger partial charge in [0.2, 0.25) is 0 Å². The zero-order chi connectivity index (χ0) is 18.2. The van der Waals surface area contributed by atoms with Crippen LogP contribution >= 0.6 is 0 Å². The van der Waals surface area contributed by atoms with Crippen molar-refractivity contribution in [3.8, 4) is 0 Å². The number of nitrogens with zero attached hydrogens (tertiary/aromatic N) is 2. The molecule has 138 valence electrons. The lowest BCUT2D eigenvalue weighted by atomic mass is 9.72. The van der Waals surface area contributed by atoms with Crippen molar-refractivity contribution in [2.75, 3.05) is 26.2 Å². The van der Waals surface area contributed by atoms with Gasteiger partial charge in [-0.25, -0.2) is 0 Å². The predicted molar refractivity (Wildman–Crippen MR) is 105 cm³/mol. The molecular weight excluding hydrogens is 322 g/mol. The van der Waals surface area contributed by atoms with E-state index in [1.165, 1.54) is 24.9 Å². The minimum absolute atomic E-state index is 0.0175. The molecule has 0 radical (unpaired) electrons. The predicted octanol–water partition coefficient (Wildman–Crippen LogP) is 3.65. The van der Waals surface area contributed by atoms with E-state index in [0.717, 1.165) is 25.9 Å². The lowest BCUT2D eigenvalue weighted by Crippen LogP contribution is -2.49. The van der Waals surface area contributed by atoms with Crippen molar-refractivity contribution in [2.24, 2.45) is 0 Å². The Kier molecular flexibility index (Phi) is 6.40. The molecular formula is C22H29N3O. The molecule has 4 heteroatoms. The number of carbonyl (C=O) groups excluding carboxylic acids is 1.